The van der Waals surface area contributed by atoms with E-state index in [1.165, 1.54) is 0 Å². The van der Waals surface area contributed by atoms with Gasteiger partial charge < -0.3 is 14.4 Å². The maximum Gasteiger partial charge on any atom is 0.225 e. The van der Waals surface area contributed by atoms with E-state index in [9.17, 15) is 4.79 Å². The van der Waals surface area contributed by atoms with Gasteiger partial charge in [-0.2, -0.15) is 5.10 Å². The summed E-state index contributed by atoms with van der Waals surface area (Å²) in [5.41, 5.74) is 1.05. The van der Waals surface area contributed by atoms with Crippen LogP contribution < -0.4 is 4.74 Å². The predicted octanol–water partition coefficient (Wildman–Crippen LogP) is 1.35. The lowest BCUT2D eigenvalue weighted by molar-refractivity contribution is -0.133. The second-order valence-corrected chi connectivity index (χ2v) is 5.89. The molecule has 0 unspecified atom stereocenters. The third-order valence-corrected chi connectivity index (χ3v) is 4.06. The van der Waals surface area contributed by atoms with Gasteiger partial charge in [0.25, 0.3) is 0 Å². The summed E-state index contributed by atoms with van der Waals surface area (Å²) in [6.07, 6.45) is 5.57. The molecule has 128 valence electrons. The zero-order valence-electron chi connectivity index (χ0n) is 13.8. The van der Waals surface area contributed by atoms with Crippen molar-refractivity contribution < 1.29 is 14.3 Å². The summed E-state index contributed by atoms with van der Waals surface area (Å²) >= 11 is 0. The molecular weight excluding hydrogens is 308 g/mol. The average Bonchev–Trinajstić information content (AvgIpc) is 2.96. The van der Waals surface area contributed by atoms with Crippen molar-refractivity contribution in [3.8, 4) is 5.75 Å². The Morgan fingerprint density at radius 1 is 1.33 bits per heavy atom. The van der Waals surface area contributed by atoms with Gasteiger partial charge in [0.2, 0.25) is 5.91 Å². The fraction of sp³-hybridized carbons (Fsp3) is 0.471. The molecule has 7 heteroatoms. The van der Waals surface area contributed by atoms with E-state index < -0.39 is 0 Å². The van der Waals surface area contributed by atoms with Gasteiger partial charge in [-0.05, 0) is 18.2 Å². The Morgan fingerprint density at radius 2 is 2.25 bits per heavy atom. The molecule has 0 saturated heterocycles. The van der Waals surface area contributed by atoms with Crippen molar-refractivity contribution in [1.82, 2.24) is 19.7 Å². The first-order valence-corrected chi connectivity index (χ1v) is 8.06. The first-order valence-electron chi connectivity index (χ1n) is 8.06. The third kappa shape index (κ3) is 4.11. The van der Waals surface area contributed by atoms with E-state index in [0.717, 1.165) is 18.0 Å². The molecule has 0 fully saturated rings. The zero-order valence-corrected chi connectivity index (χ0v) is 13.8. The van der Waals surface area contributed by atoms with Gasteiger partial charge in [0.1, 0.15) is 5.75 Å². The van der Waals surface area contributed by atoms with E-state index in [-0.39, 0.29) is 11.8 Å². The molecule has 7 nitrogen and oxygen atoms in total. The molecule has 24 heavy (non-hydrogen) atoms. The van der Waals surface area contributed by atoms with Crippen molar-refractivity contribution in [3.05, 3.63) is 42.5 Å². The van der Waals surface area contributed by atoms with Crippen LogP contribution in [-0.4, -0.2) is 52.4 Å². The summed E-state index contributed by atoms with van der Waals surface area (Å²) in [6.45, 7) is 2.90. The van der Waals surface area contributed by atoms with Crippen LogP contribution in [0.4, 0.5) is 0 Å². The molecule has 1 aliphatic rings. The van der Waals surface area contributed by atoms with Gasteiger partial charge in [-0.25, -0.2) is 0 Å². The first kappa shape index (κ1) is 16.4. The van der Waals surface area contributed by atoms with E-state index in [1.54, 1.807) is 25.7 Å². The highest BCUT2D eigenvalue weighted by Crippen LogP contribution is 2.18. The molecular formula is C17H22N4O3. The lowest BCUT2D eigenvalue weighted by atomic mass is 10.1. The molecule has 0 bridgehead atoms. The SMILES string of the molecule is COCCC(=O)N1Cc2ccnn2C[C@@H](COc2cccnc2)C1. The van der Waals surface area contributed by atoms with Crippen molar-refractivity contribution in [3.63, 3.8) is 0 Å². The highest BCUT2D eigenvalue weighted by molar-refractivity contribution is 5.76. The van der Waals surface area contributed by atoms with E-state index in [0.29, 0.717) is 32.7 Å². The van der Waals surface area contributed by atoms with Crippen LogP contribution in [0.15, 0.2) is 36.8 Å². The number of hydrogen-bond donors (Lipinski definition) is 0. The van der Waals surface area contributed by atoms with Gasteiger partial charge in [0.05, 0.1) is 38.1 Å². The highest BCUT2D eigenvalue weighted by atomic mass is 16.5. The number of methoxy groups -OCH3 is 1. The smallest absolute Gasteiger partial charge is 0.225 e. The quantitative estimate of drug-likeness (QED) is 0.800. The molecule has 2 aromatic rings. The Morgan fingerprint density at radius 3 is 3.04 bits per heavy atom. The largest absolute Gasteiger partial charge is 0.492 e. The summed E-state index contributed by atoms with van der Waals surface area (Å²) in [5.74, 6) is 0.996. The topological polar surface area (TPSA) is 69.5 Å². The lowest BCUT2D eigenvalue weighted by Gasteiger charge is -2.24. The van der Waals surface area contributed by atoms with Gasteiger partial charge in [-0.3, -0.25) is 14.5 Å². The molecule has 3 rings (SSSR count). The number of fused-ring (bicyclic) bond motifs is 1. The van der Waals surface area contributed by atoms with Crippen molar-refractivity contribution in [1.29, 1.82) is 0 Å². The molecule has 0 aromatic carbocycles. The normalized spacial score (nSPS) is 17.2. The molecule has 0 saturated carbocycles. The summed E-state index contributed by atoms with van der Waals surface area (Å²) in [5, 5.41) is 4.36. The first-order chi connectivity index (χ1) is 11.8. The van der Waals surface area contributed by atoms with Crippen molar-refractivity contribution in [2.45, 2.75) is 19.5 Å². The third-order valence-electron chi connectivity index (χ3n) is 4.06. The maximum absolute atomic E-state index is 12.4. The molecule has 0 aliphatic carbocycles. The number of carbonyl (C=O) groups excluding carboxylic acids is 1. The van der Waals surface area contributed by atoms with Gasteiger partial charge >= 0.3 is 0 Å². The van der Waals surface area contributed by atoms with Gasteiger partial charge in [-0.15, -0.1) is 0 Å². The van der Waals surface area contributed by atoms with Crippen molar-refractivity contribution in [2.24, 2.45) is 5.92 Å². The molecule has 1 atom stereocenters. The summed E-state index contributed by atoms with van der Waals surface area (Å²) < 4.78 is 12.8. The monoisotopic (exact) mass is 330 g/mol. The number of nitrogens with zero attached hydrogens (tertiary/aromatic N) is 4. The van der Waals surface area contributed by atoms with Gasteiger partial charge in [-0.1, -0.05) is 0 Å². The molecule has 0 spiro atoms. The second-order valence-electron chi connectivity index (χ2n) is 5.89. The van der Waals surface area contributed by atoms with Gasteiger partial charge in [0, 0.05) is 38.5 Å². The van der Waals surface area contributed by atoms with E-state index >= 15 is 0 Å². The molecule has 1 aliphatic heterocycles. The molecule has 0 N–H and O–H groups in total. The Bertz CT molecular complexity index is 659. The maximum atomic E-state index is 12.4. The number of rotatable bonds is 6. The number of amides is 1. The Hall–Kier alpha value is -2.41. The standard InChI is InChI=1S/C17H22N4O3/c1-23-8-5-17(22)20-10-14(11-21-15(12-20)4-7-19-21)13-24-16-3-2-6-18-9-16/h2-4,6-7,9,14H,5,8,10-13H2,1H3/t14-/m0/s1. The van der Waals surface area contributed by atoms with Gasteiger partial charge in [0.15, 0.2) is 0 Å². The van der Waals surface area contributed by atoms with E-state index in [4.69, 9.17) is 9.47 Å². The molecule has 3 heterocycles. The lowest BCUT2D eigenvalue weighted by Crippen LogP contribution is -2.36. The van der Waals surface area contributed by atoms with Crippen LogP contribution in [0.3, 0.4) is 0 Å². The number of ether oxygens (including phenoxy) is 2. The van der Waals surface area contributed by atoms with Crippen LogP contribution >= 0.6 is 0 Å². The Kier molecular flexibility index (Phi) is 5.43. The second kappa shape index (κ2) is 7.92. The summed E-state index contributed by atoms with van der Waals surface area (Å²) in [6, 6.07) is 5.68. The summed E-state index contributed by atoms with van der Waals surface area (Å²) in [4.78, 5) is 18.3. The zero-order chi connectivity index (χ0) is 16.8. The number of hydrogen-bond acceptors (Lipinski definition) is 5. The van der Waals surface area contributed by atoms with E-state index in [2.05, 4.69) is 10.1 Å². The molecule has 1 amide bonds. The Labute approximate surface area is 141 Å². The van der Waals surface area contributed by atoms with Crippen LogP contribution in [0.2, 0.25) is 0 Å². The van der Waals surface area contributed by atoms with Crippen molar-refractivity contribution >= 4 is 5.91 Å². The average molecular weight is 330 g/mol. The number of pyridine rings is 1. The fourth-order valence-electron chi connectivity index (χ4n) is 2.82. The Balaban J connectivity index is 1.68. The van der Waals surface area contributed by atoms with Crippen LogP contribution in [0.1, 0.15) is 12.1 Å². The number of aromatic nitrogens is 3. The number of carbonyl (C=O) groups is 1. The minimum absolute atomic E-state index is 0.0953. The fourth-order valence-corrected chi connectivity index (χ4v) is 2.82. The molecule has 0 radical (unpaired) electrons. The van der Waals surface area contributed by atoms with E-state index in [1.807, 2.05) is 27.8 Å². The van der Waals surface area contributed by atoms with Crippen LogP contribution in [0, 0.1) is 5.92 Å². The van der Waals surface area contributed by atoms with Crippen LogP contribution in [0.25, 0.3) is 0 Å². The minimum Gasteiger partial charge on any atom is -0.492 e. The predicted molar refractivity (Wildman–Crippen MR) is 87.4 cm³/mol. The van der Waals surface area contributed by atoms with Crippen LogP contribution in [-0.2, 0) is 22.6 Å². The minimum atomic E-state index is 0.0953. The van der Waals surface area contributed by atoms with Crippen LogP contribution in [0.5, 0.6) is 5.75 Å². The highest BCUT2D eigenvalue weighted by Gasteiger charge is 2.25. The van der Waals surface area contributed by atoms with Crippen molar-refractivity contribution in [2.75, 3.05) is 26.9 Å². The summed E-state index contributed by atoms with van der Waals surface area (Å²) in [7, 11) is 1.61. The molecule has 2 aromatic heterocycles.